The number of rotatable bonds is 7. The van der Waals surface area contributed by atoms with Crippen molar-refractivity contribution in [1.82, 2.24) is 5.32 Å². The van der Waals surface area contributed by atoms with E-state index in [2.05, 4.69) is 10.6 Å². The lowest BCUT2D eigenvalue weighted by atomic mass is 10.0. The van der Waals surface area contributed by atoms with Crippen LogP contribution < -0.4 is 15.5 Å². The Kier molecular flexibility index (Phi) is 6.78. The zero-order valence-electron chi connectivity index (χ0n) is 14.9. The van der Waals surface area contributed by atoms with Crippen LogP contribution in [0.2, 0.25) is 0 Å². The van der Waals surface area contributed by atoms with Gasteiger partial charge in [-0.25, -0.2) is 0 Å². The Hall–Kier alpha value is -2.12. The van der Waals surface area contributed by atoms with Gasteiger partial charge in [-0.1, -0.05) is 12.8 Å². The molecule has 0 atom stereocenters. The van der Waals surface area contributed by atoms with Crippen LogP contribution in [0, 0.1) is 0 Å². The lowest BCUT2D eigenvalue weighted by Crippen LogP contribution is -2.46. The lowest BCUT2D eigenvalue weighted by molar-refractivity contribution is -0.137. The maximum Gasteiger partial charge on any atom is 0.313 e. The molecule has 1 saturated carbocycles. The number of carbonyl (C=O) groups excluding carboxylic acids is 2. The fourth-order valence-corrected chi connectivity index (χ4v) is 3.01. The highest BCUT2D eigenvalue weighted by atomic mass is 16.5. The molecule has 7 nitrogen and oxygen atoms in total. The van der Waals surface area contributed by atoms with Crippen molar-refractivity contribution in [3.05, 3.63) is 24.3 Å². The van der Waals surface area contributed by atoms with Gasteiger partial charge < -0.3 is 25.4 Å². The first-order chi connectivity index (χ1) is 12.0. The van der Waals surface area contributed by atoms with Gasteiger partial charge in [-0.3, -0.25) is 9.59 Å². The summed E-state index contributed by atoms with van der Waals surface area (Å²) in [5.74, 6) is -1.39. The normalized spacial score (nSPS) is 15.6. The Morgan fingerprint density at radius 2 is 1.80 bits per heavy atom. The lowest BCUT2D eigenvalue weighted by Gasteiger charge is -2.29. The summed E-state index contributed by atoms with van der Waals surface area (Å²) in [5.41, 5.74) is 1.11. The van der Waals surface area contributed by atoms with Gasteiger partial charge in [-0.15, -0.1) is 0 Å². The van der Waals surface area contributed by atoms with Crippen LogP contribution in [0.3, 0.4) is 0 Å². The molecule has 2 amide bonds. The van der Waals surface area contributed by atoms with E-state index in [9.17, 15) is 9.59 Å². The van der Waals surface area contributed by atoms with Crippen LogP contribution in [0.4, 0.5) is 11.4 Å². The van der Waals surface area contributed by atoms with Crippen LogP contribution in [0.1, 0.15) is 25.7 Å². The number of hydrogen-bond donors (Lipinski definition) is 3. The predicted octanol–water partition coefficient (Wildman–Crippen LogP) is 1.13. The molecule has 0 saturated heterocycles. The highest BCUT2D eigenvalue weighted by Gasteiger charge is 2.35. The van der Waals surface area contributed by atoms with Crippen LogP contribution in [0.5, 0.6) is 0 Å². The van der Waals surface area contributed by atoms with Gasteiger partial charge in [0.05, 0.1) is 18.8 Å². The van der Waals surface area contributed by atoms with E-state index < -0.39 is 17.4 Å². The molecular formula is C18H27N3O4. The fraction of sp³-hybridized carbons (Fsp3) is 0.556. The topological polar surface area (TPSA) is 90.9 Å². The molecule has 0 aliphatic heterocycles. The molecule has 7 heteroatoms. The molecule has 0 radical (unpaired) electrons. The minimum absolute atomic E-state index is 0.0564. The number of amides is 2. The summed E-state index contributed by atoms with van der Waals surface area (Å²) in [6.45, 7) is 0.457. The van der Waals surface area contributed by atoms with Crippen molar-refractivity contribution >= 4 is 23.2 Å². The average molecular weight is 349 g/mol. The molecule has 0 spiro atoms. The fourth-order valence-electron chi connectivity index (χ4n) is 3.01. The molecule has 0 aromatic heterocycles. The minimum Gasteiger partial charge on any atom is -0.394 e. The van der Waals surface area contributed by atoms with Crippen molar-refractivity contribution in [2.75, 3.05) is 44.1 Å². The maximum atomic E-state index is 12.1. The molecule has 0 unspecified atom stereocenters. The highest BCUT2D eigenvalue weighted by molar-refractivity contribution is 6.39. The number of hydrogen-bond acceptors (Lipinski definition) is 5. The van der Waals surface area contributed by atoms with E-state index in [-0.39, 0.29) is 19.8 Å². The van der Waals surface area contributed by atoms with Crippen LogP contribution >= 0.6 is 0 Å². The number of nitrogens with zero attached hydrogens (tertiary/aromatic N) is 1. The van der Waals surface area contributed by atoms with Crippen LogP contribution in [0.25, 0.3) is 0 Å². The number of aliphatic hydroxyl groups is 1. The summed E-state index contributed by atoms with van der Waals surface area (Å²) in [7, 11) is 3.86. The van der Waals surface area contributed by atoms with Crippen molar-refractivity contribution in [3.63, 3.8) is 0 Å². The second-order valence-corrected chi connectivity index (χ2v) is 6.54. The zero-order chi connectivity index (χ0) is 18.3. The van der Waals surface area contributed by atoms with Crippen molar-refractivity contribution in [2.24, 2.45) is 0 Å². The first kappa shape index (κ1) is 19.2. The largest absolute Gasteiger partial charge is 0.394 e. The van der Waals surface area contributed by atoms with Gasteiger partial charge in [-0.05, 0) is 37.1 Å². The summed E-state index contributed by atoms with van der Waals surface area (Å²) in [5, 5.41) is 14.2. The first-order valence-electron chi connectivity index (χ1n) is 8.57. The highest BCUT2D eigenvalue weighted by Crippen LogP contribution is 2.32. The number of aliphatic hydroxyl groups excluding tert-OH is 1. The van der Waals surface area contributed by atoms with Crippen LogP contribution in [0.15, 0.2) is 24.3 Å². The van der Waals surface area contributed by atoms with Crippen LogP contribution in [-0.2, 0) is 14.3 Å². The van der Waals surface area contributed by atoms with Gasteiger partial charge in [0, 0.05) is 32.0 Å². The van der Waals surface area contributed by atoms with Crippen molar-refractivity contribution < 1.29 is 19.4 Å². The number of nitrogens with one attached hydrogen (secondary N) is 2. The summed E-state index contributed by atoms with van der Waals surface area (Å²) in [6.07, 6.45) is 3.68. The smallest absolute Gasteiger partial charge is 0.313 e. The second kappa shape index (κ2) is 8.82. The van der Waals surface area contributed by atoms with E-state index in [4.69, 9.17) is 9.84 Å². The quantitative estimate of drug-likeness (QED) is 0.642. The molecule has 1 aliphatic rings. The molecule has 0 bridgehead atoms. The molecule has 1 fully saturated rings. The third-order valence-electron chi connectivity index (χ3n) is 4.43. The Bertz CT molecular complexity index is 580. The van der Waals surface area contributed by atoms with Gasteiger partial charge in [0.1, 0.15) is 0 Å². The van der Waals surface area contributed by atoms with E-state index in [1.54, 1.807) is 12.1 Å². The minimum atomic E-state index is -0.701. The van der Waals surface area contributed by atoms with E-state index in [1.165, 1.54) is 0 Å². The molecule has 25 heavy (non-hydrogen) atoms. The SMILES string of the molecule is CN(C)c1ccc(NC(=O)C(=O)NCC2(OCCO)CCCC2)cc1. The molecule has 1 aromatic rings. The van der Waals surface area contributed by atoms with Crippen LogP contribution in [-0.4, -0.2) is 56.4 Å². The Labute approximate surface area is 148 Å². The molecule has 1 aliphatic carbocycles. The molecule has 138 valence electrons. The third-order valence-corrected chi connectivity index (χ3v) is 4.43. The predicted molar refractivity (Wildman–Crippen MR) is 96.6 cm³/mol. The van der Waals surface area contributed by atoms with Gasteiger partial charge >= 0.3 is 11.8 Å². The molecule has 2 rings (SSSR count). The molecule has 1 aromatic carbocycles. The summed E-state index contributed by atoms with van der Waals surface area (Å²) < 4.78 is 5.72. The third kappa shape index (κ3) is 5.44. The van der Waals surface area contributed by atoms with Crippen molar-refractivity contribution in [2.45, 2.75) is 31.3 Å². The first-order valence-corrected chi connectivity index (χ1v) is 8.57. The Morgan fingerprint density at radius 3 is 2.36 bits per heavy atom. The molecule has 0 heterocycles. The monoisotopic (exact) mass is 349 g/mol. The summed E-state index contributed by atoms with van der Waals surface area (Å²) in [6, 6.07) is 7.24. The van der Waals surface area contributed by atoms with E-state index in [0.717, 1.165) is 31.4 Å². The zero-order valence-corrected chi connectivity index (χ0v) is 14.9. The standard InChI is InChI=1S/C18H27N3O4/c1-21(2)15-7-5-14(6-8-15)20-17(24)16(23)19-13-18(25-12-11-22)9-3-4-10-18/h5-8,22H,3-4,9-13H2,1-2H3,(H,19,23)(H,20,24). The molecule has 3 N–H and O–H groups in total. The van der Waals surface area contributed by atoms with E-state index in [0.29, 0.717) is 5.69 Å². The Morgan fingerprint density at radius 1 is 1.16 bits per heavy atom. The van der Waals surface area contributed by atoms with E-state index >= 15 is 0 Å². The van der Waals surface area contributed by atoms with Gasteiger partial charge in [0.15, 0.2) is 0 Å². The molecular weight excluding hydrogens is 322 g/mol. The van der Waals surface area contributed by atoms with Gasteiger partial charge in [-0.2, -0.15) is 0 Å². The van der Waals surface area contributed by atoms with Crippen molar-refractivity contribution in [3.8, 4) is 0 Å². The number of benzene rings is 1. The average Bonchev–Trinajstić information content (AvgIpc) is 3.07. The number of carbonyl (C=O) groups is 2. The summed E-state index contributed by atoms with van der Waals surface area (Å²) >= 11 is 0. The number of anilines is 2. The van der Waals surface area contributed by atoms with Crippen molar-refractivity contribution in [1.29, 1.82) is 0 Å². The number of ether oxygens (including phenoxy) is 1. The van der Waals surface area contributed by atoms with Gasteiger partial charge in [0.25, 0.3) is 0 Å². The Balaban J connectivity index is 1.86. The summed E-state index contributed by atoms with van der Waals surface area (Å²) in [4.78, 5) is 26.0. The second-order valence-electron chi connectivity index (χ2n) is 6.54. The van der Waals surface area contributed by atoms with Gasteiger partial charge in [0.2, 0.25) is 0 Å². The van der Waals surface area contributed by atoms with E-state index in [1.807, 2.05) is 31.1 Å². The maximum absolute atomic E-state index is 12.1.